The average Bonchev–Trinajstić information content (AvgIpc) is 3.22. The van der Waals surface area contributed by atoms with Crippen molar-refractivity contribution in [1.82, 2.24) is 20.1 Å². The number of halogens is 4. The zero-order valence-electron chi connectivity index (χ0n) is 17.3. The second-order valence-electron chi connectivity index (χ2n) is 7.36. The van der Waals surface area contributed by atoms with Gasteiger partial charge in [-0.2, -0.15) is 5.10 Å². The normalized spacial score (nSPS) is 14.5. The van der Waals surface area contributed by atoms with Crippen LogP contribution in [0.15, 0.2) is 24.4 Å². The van der Waals surface area contributed by atoms with Gasteiger partial charge in [0.2, 0.25) is 0 Å². The molecule has 0 saturated carbocycles. The number of hydrogen-bond acceptors (Lipinski definition) is 7. The highest BCUT2D eigenvalue weighted by Crippen LogP contribution is 2.33. The van der Waals surface area contributed by atoms with Crippen molar-refractivity contribution >= 4 is 33.8 Å². The lowest BCUT2D eigenvalue weighted by Gasteiger charge is -2.24. The number of aromatic nitrogens is 3. The SMILES string of the molecule is Nc1sc(-c2cc(F)ccc2F)nc1C(=O)Nc1cnn(CC(F)F)c1N1CCCNCC1. The lowest BCUT2D eigenvalue weighted by Crippen LogP contribution is -2.31. The highest BCUT2D eigenvalue weighted by Gasteiger charge is 2.25. The second kappa shape index (κ2) is 9.75. The summed E-state index contributed by atoms with van der Waals surface area (Å²) in [5.74, 6) is -1.72. The van der Waals surface area contributed by atoms with E-state index in [0.717, 1.165) is 47.2 Å². The van der Waals surface area contributed by atoms with Gasteiger partial charge in [0.1, 0.15) is 33.9 Å². The van der Waals surface area contributed by atoms with Crippen molar-refractivity contribution in [2.24, 2.45) is 0 Å². The Hall–Kier alpha value is -3.19. The van der Waals surface area contributed by atoms with Crippen molar-refractivity contribution in [3.63, 3.8) is 0 Å². The molecule has 8 nitrogen and oxygen atoms in total. The van der Waals surface area contributed by atoms with Crippen molar-refractivity contribution in [2.45, 2.75) is 19.4 Å². The molecule has 2 aromatic heterocycles. The van der Waals surface area contributed by atoms with Gasteiger partial charge in [-0.3, -0.25) is 4.79 Å². The first-order valence-electron chi connectivity index (χ1n) is 10.2. The molecule has 4 N–H and O–H groups in total. The summed E-state index contributed by atoms with van der Waals surface area (Å²) in [5.41, 5.74) is 5.87. The number of nitrogens with two attached hydrogens (primary N) is 1. The summed E-state index contributed by atoms with van der Waals surface area (Å²) >= 11 is 0.838. The van der Waals surface area contributed by atoms with Crippen molar-refractivity contribution < 1.29 is 22.4 Å². The fourth-order valence-electron chi connectivity index (χ4n) is 3.58. The third kappa shape index (κ3) is 5.09. The molecule has 1 fully saturated rings. The smallest absolute Gasteiger partial charge is 0.277 e. The topological polar surface area (TPSA) is 101 Å². The molecule has 1 aliphatic heterocycles. The second-order valence-corrected chi connectivity index (χ2v) is 8.39. The van der Waals surface area contributed by atoms with E-state index in [4.69, 9.17) is 5.73 Å². The summed E-state index contributed by atoms with van der Waals surface area (Å²) in [7, 11) is 0. The van der Waals surface area contributed by atoms with Gasteiger partial charge >= 0.3 is 0 Å². The van der Waals surface area contributed by atoms with E-state index in [1.54, 1.807) is 0 Å². The number of nitrogens with one attached hydrogen (secondary N) is 2. The van der Waals surface area contributed by atoms with Crippen LogP contribution in [-0.4, -0.2) is 53.3 Å². The number of carbonyl (C=O) groups is 1. The average molecular weight is 483 g/mol. The highest BCUT2D eigenvalue weighted by atomic mass is 32.1. The minimum absolute atomic E-state index is 0.00616. The summed E-state index contributed by atoms with van der Waals surface area (Å²) in [6.07, 6.45) is -0.548. The molecule has 3 heterocycles. The number of benzene rings is 1. The van der Waals surface area contributed by atoms with Gasteiger partial charge in [-0.05, 0) is 31.2 Å². The number of amides is 1. The largest absolute Gasteiger partial charge is 0.389 e. The van der Waals surface area contributed by atoms with Gasteiger partial charge in [0.15, 0.2) is 11.5 Å². The fraction of sp³-hybridized carbons (Fsp3) is 0.350. The predicted octanol–water partition coefficient (Wildman–Crippen LogP) is 3.18. The van der Waals surface area contributed by atoms with E-state index < -0.39 is 30.5 Å². The maximum Gasteiger partial charge on any atom is 0.277 e. The molecule has 1 aromatic carbocycles. The van der Waals surface area contributed by atoms with Crippen LogP contribution < -0.4 is 21.3 Å². The molecule has 0 atom stereocenters. The molecule has 1 aliphatic rings. The van der Waals surface area contributed by atoms with Crippen LogP contribution in [0.3, 0.4) is 0 Å². The number of nitrogens with zero attached hydrogens (tertiary/aromatic N) is 4. The van der Waals surface area contributed by atoms with E-state index in [9.17, 15) is 22.4 Å². The van der Waals surface area contributed by atoms with Gasteiger partial charge in [-0.1, -0.05) is 11.3 Å². The number of alkyl halides is 2. The first-order chi connectivity index (χ1) is 15.8. The van der Waals surface area contributed by atoms with Gasteiger partial charge in [0, 0.05) is 25.2 Å². The number of hydrogen-bond donors (Lipinski definition) is 3. The Morgan fingerprint density at radius 2 is 2.09 bits per heavy atom. The Balaban J connectivity index is 1.63. The monoisotopic (exact) mass is 483 g/mol. The van der Waals surface area contributed by atoms with Crippen LogP contribution in [0, 0.1) is 11.6 Å². The van der Waals surface area contributed by atoms with Gasteiger partial charge in [0.05, 0.1) is 6.20 Å². The van der Waals surface area contributed by atoms with E-state index in [0.29, 0.717) is 25.5 Å². The Morgan fingerprint density at radius 1 is 1.27 bits per heavy atom. The number of rotatable bonds is 6. The van der Waals surface area contributed by atoms with E-state index in [1.807, 2.05) is 4.90 Å². The maximum absolute atomic E-state index is 14.1. The molecule has 1 saturated heterocycles. The van der Waals surface area contributed by atoms with Gasteiger partial charge in [-0.25, -0.2) is 27.2 Å². The Morgan fingerprint density at radius 3 is 2.88 bits per heavy atom. The minimum atomic E-state index is -2.63. The number of nitrogen functional groups attached to an aromatic ring is 1. The minimum Gasteiger partial charge on any atom is -0.389 e. The molecule has 4 rings (SSSR count). The Bertz CT molecular complexity index is 1140. The zero-order chi connectivity index (χ0) is 23.5. The fourth-order valence-corrected chi connectivity index (χ4v) is 4.42. The molecule has 176 valence electrons. The third-order valence-corrected chi connectivity index (χ3v) is 5.96. The quantitative estimate of drug-likeness (QED) is 0.466. The van der Waals surface area contributed by atoms with Crippen LogP contribution >= 0.6 is 11.3 Å². The van der Waals surface area contributed by atoms with Crippen molar-refractivity contribution in [2.75, 3.05) is 42.1 Å². The third-order valence-electron chi connectivity index (χ3n) is 5.04. The van der Waals surface area contributed by atoms with Gasteiger partial charge < -0.3 is 21.3 Å². The molecule has 1 amide bonds. The van der Waals surface area contributed by atoms with Crippen LogP contribution in [0.4, 0.5) is 34.1 Å². The molecule has 0 bridgehead atoms. The van der Waals surface area contributed by atoms with Crippen LogP contribution in [0.25, 0.3) is 10.6 Å². The van der Waals surface area contributed by atoms with Crippen molar-refractivity contribution in [1.29, 1.82) is 0 Å². The number of anilines is 3. The van der Waals surface area contributed by atoms with Crippen LogP contribution in [-0.2, 0) is 6.54 Å². The standard InChI is InChI=1S/C20H21F4N7OS/c21-11-2-3-13(22)12(8-11)19-29-16(17(25)33-19)18(32)28-14-9-27-31(10-15(23)24)20(14)30-6-1-4-26-5-7-30/h2-3,8-9,15,26H,1,4-7,10,25H2,(H,28,32). The number of carbonyl (C=O) groups excluding carboxylic acids is 1. The molecular formula is C20H21F4N7OS. The predicted molar refractivity (Wildman–Crippen MR) is 118 cm³/mol. The van der Waals surface area contributed by atoms with E-state index >= 15 is 0 Å². The van der Waals surface area contributed by atoms with Crippen LogP contribution in [0.2, 0.25) is 0 Å². The van der Waals surface area contributed by atoms with Crippen LogP contribution in [0.1, 0.15) is 16.9 Å². The zero-order valence-corrected chi connectivity index (χ0v) is 18.1. The molecule has 0 aliphatic carbocycles. The van der Waals surface area contributed by atoms with Gasteiger partial charge in [-0.15, -0.1) is 0 Å². The first-order valence-corrected chi connectivity index (χ1v) is 11.0. The lowest BCUT2D eigenvalue weighted by molar-refractivity contribution is 0.102. The molecular weight excluding hydrogens is 462 g/mol. The molecule has 3 aromatic rings. The summed E-state index contributed by atoms with van der Waals surface area (Å²) in [5, 5.41) is 9.94. The van der Waals surface area contributed by atoms with E-state index in [1.165, 1.54) is 6.20 Å². The van der Waals surface area contributed by atoms with E-state index in [2.05, 4.69) is 20.7 Å². The highest BCUT2D eigenvalue weighted by molar-refractivity contribution is 7.19. The van der Waals surface area contributed by atoms with Crippen LogP contribution in [0.5, 0.6) is 0 Å². The van der Waals surface area contributed by atoms with Crippen molar-refractivity contribution in [3.8, 4) is 10.6 Å². The Kier molecular flexibility index (Phi) is 6.79. The molecule has 33 heavy (non-hydrogen) atoms. The summed E-state index contributed by atoms with van der Waals surface area (Å²) in [6, 6.07) is 2.90. The Labute approximate surface area is 190 Å². The summed E-state index contributed by atoms with van der Waals surface area (Å²) in [4.78, 5) is 18.9. The van der Waals surface area contributed by atoms with E-state index in [-0.39, 0.29) is 27.0 Å². The van der Waals surface area contributed by atoms with Gasteiger partial charge in [0.25, 0.3) is 12.3 Å². The van der Waals surface area contributed by atoms with Crippen molar-refractivity contribution in [3.05, 3.63) is 41.7 Å². The maximum atomic E-state index is 14.1. The molecule has 0 spiro atoms. The summed E-state index contributed by atoms with van der Waals surface area (Å²) in [6.45, 7) is 1.94. The molecule has 13 heteroatoms. The molecule has 0 radical (unpaired) electrons. The lowest BCUT2D eigenvalue weighted by atomic mass is 10.2. The summed E-state index contributed by atoms with van der Waals surface area (Å²) < 4.78 is 55.0. The molecule has 0 unspecified atom stereocenters. The number of thiazole rings is 1. The first kappa shape index (κ1) is 23.0.